The minimum absolute atomic E-state index is 0.486. The molecule has 14 heavy (non-hydrogen) atoms. The van der Waals surface area contributed by atoms with Crippen LogP contribution >= 0.6 is 0 Å². The summed E-state index contributed by atoms with van der Waals surface area (Å²) in [4.78, 5) is 11.0. The molecule has 0 saturated heterocycles. The van der Waals surface area contributed by atoms with Gasteiger partial charge in [0.15, 0.2) is 0 Å². The van der Waals surface area contributed by atoms with Gasteiger partial charge in [0.05, 0.1) is 0 Å². The smallest absolute Gasteiger partial charge is 0.323 e. The van der Waals surface area contributed by atoms with Crippen molar-refractivity contribution in [2.24, 2.45) is 0 Å². The molecule has 0 radical (unpaired) electrons. The maximum atomic E-state index is 11.0. The summed E-state index contributed by atoms with van der Waals surface area (Å²) in [6.45, 7) is 1.68. The van der Waals surface area contributed by atoms with E-state index >= 15 is 0 Å². The quantitative estimate of drug-likeness (QED) is 0.757. The number of nitrogens with one attached hydrogen (secondary N) is 1. The molecule has 0 amide bonds. The second-order valence-electron chi connectivity index (χ2n) is 3.55. The fourth-order valence-corrected chi connectivity index (χ4v) is 1.28. The third-order valence-corrected chi connectivity index (χ3v) is 2.42. The van der Waals surface area contributed by atoms with Crippen LogP contribution in [0.5, 0.6) is 0 Å². The predicted octanol–water partition coefficient (Wildman–Crippen LogP) is 1.29. The van der Waals surface area contributed by atoms with Crippen LogP contribution in [0.3, 0.4) is 0 Å². The zero-order chi connectivity index (χ0) is 10.6. The molecule has 2 N–H and O–H groups in total. The van der Waals surface area contributed by atoms with E-state index in [1.54, 1.807) is 14.0 Å². The summed E-state index contributed by atoms with van der Waals surface area (Å²) in [7, 11) is 1.66. The fourth-order valence-electron chi connectivity index (χ4n) is 1.28. The number of carboxylic acid groups (broad SMARTS) is 1. The maximum absolute atomic E-state index is 11.0. The SMILES string of the molecule is CN[C@@](C)(Cc1ccccc1)C(=O)O. The Morgan fingerprint density at radius 2 is 2.00 bits per heavy atom. The first-order valence-corrected chi connectivity index (χ1v) is 4.55. The first-order valence-electron chi connectivity index (χ1n) is 4.55. The molecule has 0 fully saturated rings. The van der Waals surface area contributed by atoms with Gasteiger partial charge in [-0.3, -0.25) is 4.79 Å². The molecule has 0 aliphatic carbocycles. The summed E-state index contributed by atoms with van der Waals surface area (Å²) in [6.07, 6.45) is 0.486. The normalized spacial score (nSPS) is 14.7. The first kappa shape index (κ1) is 10.7. The van der Waals surface area contributed by atoms with Crippen molar-refractivity contribution >= 4 is 5.97 Å². The van der Waals surface area contributed by atoms with Crippen molar-refractivity contribution < 1.29 is 9.90 Å². The van der Waals surface area contributed by atoms with Crippen LogP contribution in [0.25, 0.3) is 0 Å². The monoisotopic (exact) mass is 193 g/mol. The number of benzene rings is 1. The van der Waals surface area contributed by atoms with Gasteiger partial charge in [0, 0.05) is 6.42 Å². The molecule has 0 spiro atoms. The van der Waals surface area contributed by atoms with E-state index in [0.717, 1.165) is 5.56 Å². The summed E-state index contributed by atoms with van der Waals surface area (Å²) in [5, 5.41) is 11.9. The van der Waals surface area contributed by atoms with Crippen LogP contribution in [0.4, 0.5) is 0 Å². The summed E-state index contributed by atoms with van der Waals surface area (Å²) < 4.78 is 0. The van der Waals surface area contributed by atoms with Crippen LogP contribution in [0.15, 0.2) is 30.3 Å². The number of carboxylic acids is 1. The average molecular weight is 193 g/mol. The Hall–Kier alpha value is -1.35. The number of carbonyl (C=O) groups is 1. The van der Waals surface area contributed by atoms with Gasteiger partial charge in [0.1, 0.15) is 5.54 Å². The van der Waals surface area contributed by atoms with Crippen LogP contribution < -0.4 is 5.32 Å². The second kappa shape index (κ2) is 4.24. The standard InChI is InChI=1S/C11H15NO2/c1-11(12-2,10(13)14)8-9-6-4-3-5-7-9/h3-7,12H,8H2,1-2H3,(H,13,14)/t11-/m0/s1. The minimum Gasteiger partial charge on any atom is -0.480 e. The van der Waals surface area contributed by atoms with E-state index in [1.165, 1.54) is 0 Å². The van der Waals surface area contributed by atoms with Crippen molar-refractivity contribution in [3.05, 3.63) is 35.9 Å². The van der Waals surface area contributed by atoms with Crippen molar-refractivity contribution in [1.82, 2.24) is 5.32 Å². The van der Waals surface area contributed by atoms with Crippen molar-refractivity contribution in [1.29, 1.82) is 0 Å². The molecule has 0 bridgehead atoms. The van der Waals surface area contributed by atoms with Gasteiger partial charge in [-0.15, -0.1) is 0 Å². The summed E-state index contributed by atoms with van der Waals surface area (Å²) in [6, 6.07) is 9.60. The lowest BCUT2D eigenvalue weighted by molar-refractivity contribution is -0.143. The highest BCUT2D eigenvalue weighted by Crippen LogP contribution is 2.12. The highest BCUT2D eigenvalue weighted by molar-refractivity contribution is 5.78. The fraction of sp³-hybridized carbons (Fsp3) is 0.364. The van der Waals surface area contributed by atoms with Crippen molar-refractivity contribution in [3.8, 4) is 0 Å². The van der Waals surface area contributed by atoms with Crippen LogP contribution in [-0.4, -0.2) is 23.7 Å². The van der Waals surface area contributed by atoms with Gasteiger partial charge in [-0.2, -0.15) is 0 Å². The lowest BCUT2D eigenvalue weighted by atomic mass is 9.93. The molecular formula is C11H15NO2. The molecule has 0 unspecified atom stereocenters. The highest BCUT2D eigenvalue weighted by atomic mass is 16.4. The molecule has 1 atom stereocenters. The van der Waals surface area contributed by atoms with E-state index in [4.69, 9.17) is 5.11 Å². The third-order valence-electron chi connectivity index (χ3n) is 2.42. The zero-order valence-electron chi connectivity index (χ0n) is 8.45. The van der Waals surface area contributed by atoms with E-state index in [0.29, 0.717) is 6.42 Å². The van der Waals surface area contributed by atoms with Gasteiger partial charge in [0.25, 0.3) is 0 Å². The highest BCUT2D eigenvalue weighted by Gasteiger charge is 2.30. The molecule has 1 aromatic rings. The summed E-state index contributed by atoms with van der Waals surface area (Å²) in [5.41, 5.74) is 0.133. The summed E-state index contributed by atoms with van der Waals surface area (Å²) in [5.74, 6) is -0.830. The molecule has 0 aromatic heterocycles. The number of likely N-dealkylation sites (N-methyl/N-ethyl adjacent to an activating group) is 1. The van der Waals surface area contributed by atoms with Crippen LogP contribution in [0.2, 0.25) is 0 Å². The van der Waals surface area contributed by atoms with Gasteiger partial charge in [-0.05, 0) is 19.5 Å². The Morgan fingerprint density at radius 3 is 2.43 bits per heavy atom. The van der Waals surface area contributed by atoms with Crippen molar-refractivity contribution in [2.45, 2.75) is 18.9 Å². The topological polar surface area (TPSA) is 49.3 Å². The number of aliphatic carboxylic acids is 1. The van der Waals surface area contributed by atoms with E-state index in [1.807, 2.05) is 30.3 Å². The Bertz CT molecular complexity index is 310. The van der Waals surface area contributed by atoms with Gasteiger partial charge in [-0.1, -0.05) is 30.3 Å². The second-order valence-corrected chi connectivity index (χ2v) is 3.55. The lowest BCUT2D eigenvalue weighted by Gasteiger charge is -2.24. The molecule has 0 aliphatic rings. The number of hydrogen-bond donors (Lipinski definition) is 2. The zero-order valence-corrected chi connectivity index (χ0v) is 8.45. The molecule has 76 valence electrons. The molecule has 0 aliphatic heterocycles. The molecular weight excluding hydrogens is 178 g/mol. The van der Waals surface area contributed by atoms with Gasteiger partial charge in [0.2, 0.25) is 0 Å². The first-order chi connectivity index (χ1) is 6.58. The van der Waals surface area contributed by atoms with E-state index in [-0.39, 0.29) is 0 Å². The Morgan fingerprint density at radius 1 is 1.43 bits per heavy atom. The van der Waals surface area contributed by atoms with Gasteiger partial charge < -0.3 is 10.4 Å². The van der Waals surface area contributed by atoms with Crippen molar-refractivity contribution in [3.63, 3.8) is 0 Å². The molecule has 1 rings (SSSR count). The average Bonchev–Trinajstić information content (AvgIpc) is 2.19. The maximum Gasteiger partial charge on any atom is 0.323 e. The third kappa shape index (κ3) is 2.33. The minimum atomic E-state index is -0.888. The molecule has 3 heteroatoms. The molecule has 1 aromatic carbocycles. The van der Waals surface area contributed by atoms with E-state index in [9.17, 15) is 4.79 Å². The Kier molecular flexibility index (Phi) is 3.25. The van der Waals surface area contributed by atoms with Gasteiger partial charge >= 0.3 is 5.97 Å². The molecule has 0 heterocycles. The van der Waals surface area contributed by atoms with Crippen LogP contribution in [-0.2, 0) is 11.2 Å². The number of rotatable bonds is 4. The molecule has 0 saturated carbocycles. The van der Waals surface area contributed by atoms with E-state index in [2.05, 4.69) is 5.32 Å². The lowest BCUT2D eigenvalue weighted by Crippen LogP contribution is -2.49. The predicted molar refractivity (Wildman–Crippen MR) is 55.2 cm³/mol. The van der Waals surface area contributed by atoms with Crippen LogP contribution in [0, 0.1) is 0 Å². The Balaban J connectivity index is 2.81. The largest absolute Gasteiger partial charge is 0.480 e. The van der Waals surface area contributed by atoms with Gasteiger partial charge in [-0.25, -0.2) is 0 Å². The van der Waals surface area contributed by atoms with Crippen molar-refractivity contribution in [2.75, 3.05) is 7.05 Å². The number of hydrogen-bond acceptors (Lipinski definition) is 2. The summed E-state index contributed by atoms with van der Waals surface area (Å²) >= 11 is 0. The molecule has 3 nitrogen and oxygen atoms in total. The van der Waals surface area contributed by atoms with Crippen LogP contribution in [0.1, 0.15) is 12.5 Å². The van der Waals surface area contributed by atoms with E-state index < -0.39 is 11.5 Å². The Labute approximate surface area is 83.8 Å².